The first-order chi connectivity index (χ1) is 11.2. The number of nitrogens with zero attached hydrogens (tertiary/aromatic N) is 2. The number of nitrogens with one attached hydrogen (secondary N) is 1. The average Bonchev–Trinajstić information content (AvgIpc) is 3.15. The van der Waals surface area contributed by atoms with E-state index in [0.717, 1.165) is 39.1 Å². The summed E-state index contributed by atoms with van der Waals surface area (Å²) in [6.07, 6.45) is 0.802. The normalized spacial score (nSPS) is 28.3. The molecule has 0 bridgehead atoms. The second kappa shape index (κ2) is 7.32. The maximum Gasteiger partial charge on any atom is 0.409 e. The summed E-state index contributed by atoms with van der Waals surface area (Å²) in [6, 6.07) is 11.5. The van der Waals surface area contributed by atoms with E-state index in [1.165, 1.54) is 12.7 Å². The van der Waals surface area contributed by atoms with Crippen molar-refractivity contribution in [1.82, 2.24) is 15.1 Å². The zero-order chi connectivity index (χ0) is 16.2. The van der Waals surface area contributed by atoms with E-state index in [9.17, 15) is 4.79 Å². The molecule has 0 radical (unpaired) electrons. The lowest BCUT2D eigenvalue weighted by Crippen LogP contribution is -2.44. The number of hydrogen-bond acceptors (Lipinski definition) is 4. The number of carbonyl (C=O) groups excluding carboxylic acids is 1. The monoisotopic (exact) mass is 317 g/mol. The summed E-state index contributed by atoms with van der Waals surface area (Å²) < 4.78 is 4.81. The lowest BCUT2D eigenvalue weighted by atomic mass is 10.1. The third-order valence-electron chi connectivity index (χ3n) is 5.01. The third kappa shape index (κ3) is 4.03. The van der Waals surface area contributed by atoms with Gasteiger partial charge in [-0.25, -0.2) is 4.79 Å². The summed E-state index contributed by atoms with van der Waals surface area (Å²) in [6.45, 7) is 7.08. The number of ether oxygens (including phenoxy) is 1. The largest absolute Gasteiger partial charge is 0.453 e. The predicted octanol–water partition coefficient (Wildman–Crippen LogP) is 1.94. The molecule has 2 aliphatic heterocycles. The quantitative estimate of drug-likeness (QED) is 0.922. The molecule has 3 atom stereocenters. The van der Waals surface area contributed by atoms with Crippen LogP contribution in [0, 0.1) is 5.92 Å². The first-order valence-electron chi connectivity index (χ1n) is 8.51. The number of amides is 1. The molecule has 126 valence electrons. The fourth-order valence-electron chi connectivity index (χ4n) is 3.75. The Hall–Kier alpha value is -1.59. The summed E-state index contributed by atoms with van der Waals surface area (Å²) in [7, 11) is 1.45. The standard InChI is InChI=1S/C18H27N3O2/c1-14-10-20(11-15-6-4-3-5-7-15)13-17(14)19-16-8-9-21(12-16)18(22)23-2/h3-7,14,16-17,19H,8-13H2,1-2H3/t14-,16+,17+/m1/s1. The van der Waals surface area contributed by atoms with Crippen LogP contribution in [0.4, 0.5) is 4.79 Å². The van der Waals surface area contributed by atoms with Gasteiger partial charge in [-0.2, -0.15) is 0 Å². The van der Waals surface area contributed by atoms with Crippen molar-refractivity contribution in [2.75, 3.05) is 33.3 Å². The summed E-state index contributed by atoms with van der Waals surface area (Å²) in [4.78, 5) is 15.9. The van der Waals surface area contributed by atoms with E-state index >= 15 is 0 Å². The highest BCUT2D eigenvalue weighted by atomic mass is 16.5. The Morgan fingerprint density at radius 3 is 2.78 bits per heavy atom. The predicted molar refractivity (Wildman–Crippen MR) is 90.2 cm³/mol. The SMILES string of the molecule is COC(=O)N1CC[C@H](N[C@H]2CN(Cc3ccccc3)C[C@H]2C)C1. The molecule has 0 aromatic heterocycles. The summed E-state index contributed by atoms with van der Waals surface area (Å²) in [5, 5.41) is 3.76. The molecule has 23 heavy (non-hydrogen) atoms. The molecule has 5 nitrogen and oxygen atoms in total. The molecule has 0 unspecified atom stereocenters. The van der Waals surface area contributed by atoms with E-state index in [1.807, 2.05) is 0 Å². The van der Waals surface area contributed by atoms with Crippen molar-refractivity contribution < 1.29 is 9.53 Å². The minimum absolute atomic E-state index is 0.209. The van der Waals surface area contributed by atoms with Gasteiger partial charge >= 0.3 is 6.09 Å². The molecule has 3 rings (SSSR count). The third-order valence-corrected chi connectivity index (χ3v) is 5.01. The second-order valence-corrected chi connectivity index (χ2v) is 6.83. The molecule has 0 saturated carbocycles. The molecule has 1 aromatic rings. The van der Waals surface area contributed by atoms with Crippen LogP contribution in [0.15, 0.2) is 30.3 Å². The van der Waals surface area contributed by atoms with Gasteiger partial charge in [0.15, 0.2) is 0 Å². The minimum atomic E-state index is -0.209. The molecular formula is C18H27N3O2. The van der Waals surface area contributed by atoms with Crippen LogP contribution in [0.25, 0.3) is 0 Å². The van der Waals surface area contributed by atoms with Crippen molar-refractivity contribution in [2.24, 2.45) is 5.92 Å². The molecule has 1 aromatic carbocycles. The summed E-state index contributed by atoms with van der Waals surface area (Å²) in [5.41, 5.74) is 1.37. The van der Waals surface area contributed by atoms with Gasteiger partial charge in [0, 0.05) is 44.8 Å². The lowest BCUT2D eigenvalue weighted by Gasteiger charge is -2.22. The molecule has 0 spiro atoms. The maximum absolute atomic E-state index is 11.6. The van der Waals surface area contributed by atoms with E-state index in [-0.39, 0.29) is 6.09 Å². The van der Waals surface area contributed by atoms with Gasteiger partial charge < -0.3 is 15.0 Å². The van der Waals surface area contributed by atoms with Gasteiger partial charge in [0.2, 0.25) is 0 Å². The molecule has 2 heterocycles. The van der Waals surface area contributed by atoms with Crippen LogP contribution in [0.3, 0.4) is 0 Å². The Balaban J connectivity index is 1.49. The molecule has 1 N–H and O–H groups in total. The van der Waals surface area contributed by atoms with Gasteiger partial charge in [-0.1, -0.05) is 37.3 Å². The highest BCUT2D eigenvalue weighted by molar-refractivity contribution is 5.67. The highest BCUT2D eigenvalue weighted by Crippen LogP contribution is 2.21. The van der Waals surface area contributed by atoms with Crippen LogP contribution < -0.4 is 5.32 Å². The van der Waals surface area contributed by atoms with Crippen LogP contribution in [0.5, 0.6) is 0 Å². The Kier molecular flexibility index (Phi) is 5.18. The zero-order valence-electron chi connectivity index (χ0n) is 14.1. The van der Waals surface area contributed by atoms with Gasteiger partial charge in [0.1, 0.15) is 0 Å². The van der Waals surface area contributed by atoms with Gasteiger partial charge in [0.05, 0.1) is 7.11 Å². The fraction of sp³-hybridized carbons (Fsp3) is 0.611. The van der Waals surface area contributed by atoms with Gasteiger partial charge in [0.25, 0.3) is 0 Å². The van der Waals surface area contributed by atoms with E-state index < -0.39 is 0 Å². The molecule has 0 aliphatic carbocycles. The van der Waals surface area contributed by atoms with E-state index in [1.54, 1.807) is 4.90 Å². The van der Waals surface area contributed by atoms with Crippen LogP contribution in [0.2, 0.25) is 0 Å². The molecule has 5 heteroatoms. The van der Waals surface area contributed by atoms with Crippen molar-refractivity contribution >= 4 is 6.09 Å². The molecule has 2 aliphatic rings. The first kappa shape index (κ1) is 16.3. The number of hydrogen-bond donors (Lipinski definition) is 1. The molecule has 2 fully saturated rings. The highest BCUT2D eigenvalue weighted by Gasteiger charge is 2.34. The molecular weight excluding hydrogens is 290 g/mol. The van der Waals surface area contributed by atoms with Gasteiger partial charge in [-0.3, -0.25) is 4.90 Å². The maximum atomic E-state index is 11.6. The Bertz CT molecular complexity index is 522. The van der Waals surface area contributed by atoms with E-state index in [4.69, 9.17) is 4.74 Å². The minimum Gasteiger partial charge on any atom is -0.453 e. The van der Waals surface area contributed by atoms with Crippen molar-refractivity contribution in [3.05, 3.63) is 35.9 Å². The van der Waals surface area contributed by atoms with E-state index in [0.29, 0.717) is 18.0 Å². The summed E-state index contributed by atoms with van der Waals surface area (Å²) in [5.74, 6) is 0.630. The topological polar surface area (TPSA) is 44.8 Å². The smallest absolute Gasteiger partial charge is 0.409 e. The molecule has 2 saturated heterocycles. The van der Waals surface area contributed by atoms with Crippen molar-refractivity contribution in [2.45, 2.75) is 32.0 Å². The number of carbonyl (C=O) groups is 1. The van der Waals surface area contributed by atoms with Crippen molar-refractivity contribution in [3.8, 4) is 0 Å². The first-order valence-corrected chi connectivity index (χ1v) is 8.51. The Labute approximate surface area is 138 Å². The van der Waals surface area contributed by atoms with E-state index in [2.05, 4.69) is 47.5 Å². The zero-order valence-corrected chi connectivity index (χ0v) is 14.1. The number of likely N-dealkylation sites (tertiary alicyclic amines) is 2. The lowest BCUT2D eigenvalue weighted by molar-refractivity contribution is 0.132. The van der Waals surface area contributed by atoms with Crippen LogP contribution >= 0.6 is 0 Å². The van der Waals surface area contributed by atoms with Crippen LogP contribution in [-0.4, -0.2) is 61.3 Å². The number of rotatable bonds is 4. The molecule has 1 amide bonds. The van der Waals surface area contributed by atoms with Crippen molar-refractivity contribution in [1.29, 1.82) is 0 Å². The summed E-state index contributed by atoms with van der Waals surface area (Å²) >= 11 is 0. The second-order valence-electron chi connectivity index (χ2n) is 6.83. The number of benzene rings is 1. The number of methoxy groups -OCH3 is 1. The van der Waals surface area contributed by atoms with Crippen LogP contribution in [0.1, 0.15) is 18.9 Å². The Morgan fingerprint density at radius 2 is 2.04 bits per heavy atom. The average molecular weight is 317 g/mol. The van der Waals surface area contributed by atoms with Gasteiger partial charge in [-0.15, -0.1) is 0 Å². The van der Waals surface area contributed by atoms with Crippen LogP contribution in [-0.2, 0) is 11.3 Å². The Morgan fingerprint density at radius 1 is 1.26 bits per heavy atom. The van der Waals surface area contributed by atoms with Crippen molar-refractivity contribution in [3.63, 3.8) is 0 Å². The fourth-order valence-corrected chi connectivity index (χ4v) is 3.75. The van der Waals surface area contributed by atoms with Gasteiger partial charge in [-0.05, 0) is 17.9 Å².